The second-order valence-electron chi connectivity index (χ2n) is 11.0. The maximum Gasteiger partial charge on any atom is 0.253 e. The minimum Gasteiger partial charge on any atom is -0.493 e. The molecule has 3 heterocycles. The summed E-state index contributed by atoms with van der Waals surface area (Å²) < 4.78 is 13.2. The van der Waals surface area contributed by atoms with E-state index in [1.54, 1.807) is 36.6 Å². The maximum absolute atomic E-state index is 14.0. The molecule has 0 fully saturated rings. The van der Waals surface area contributed by atoms with Gasteiger partial charge in [0.05, 0.1) is 43.1 Å². The first-order valence-corrected chi connectivity index (χ1v) is 16.9. The van der Waals surface area contributed by atoms with E-state index >= 15 is 0 Å². The van der Waals surface area contributed by atoms with Gasteiger partial charge in [-0.25, -0.2) is 5.01 Å². The van der Waals surface area contributed by atoms with Crippen LogP contribution in [0.15, 0.2) is 94.5 Å². The van der Waals surface area contributed by atoms with Gasteiger partial charge in [0.1, 0.15) is 0 Å². The summed E-state index contributed by atoms with van der Waals surface area (Å²) in [7, 11) is 3.19. The third-order valence-electron chi connectivity index (χ3n) is 7.74. The first-order valence-electron chi connectivity index (χ1n) is 15.0. The molecule has 1 N–H and O–H groups in total. The molecule has 10 nitrogen and oxygen atoms in total. The molecule has 0 saturated heterocycles. The highest BCUT2D eigenvalue weighted by atomic mass is 32.2. The van der Waals surface area contributed by atoms with Crippen LogP contribution in [0.4, 0.5) is 0 Å². The van der Waals surface area contributed by atoms with Crippen LogP contribution in [0.1, 0.15) is 50.2 Å². The van der Waals surface area contributed by atoms with E-state index in [2.05, 4.69) is 15.5 Å². The van der Waals surface area contributed by atoms with Crippen molar-refractivity contribution in [1.82, 2.24) is 25.1 Å². The third-order valence-corrected chi connectivity index (χ3v) is 9.57. The average molecular weight is 667 g/mol. The Kier molecular flexibility index (Phi) is 9.69. The molecule has 5 aromatic rings. The van der Waals surface area contributed by atoms with E-state index in [1.165, 1.54) is 11.8 Å². The van der Waals surface area contributed by atoms with Crippen LogP contribution in [0.5, 0.6) is 11.5 Å². The van der Waals surface area contributed by atoms with E-state index in [1.807, 2.05) is 96.6 Å². The SMILES string of the molecule is COc1cccc(C2CC(c3cccs3)=NN2C(=O)CSc2nnc(CNC(=O)c3cccc(C)c3)n2-c2cccc(C)c2)c1OC. The molecule has 1 atom stereocenters. The van der Waals surface area contributed by atoms with Crippen molar-refractivity contribution in [1.29, 1.82) is 0 Å². The van der Waals surface area contributed by atoms with Crippen LogP contribution in [0.3, 0.4) is 0 Å². The summed E-state index contributed by atoms with van der Waals surface area (Å²) in [6.45, 7) is 4.11. The van der Waals surface area contributed by atoms with E-state index in [4.69, 9.17) is 14.6 Å². The highest BCUT2D eigenvalue weighted by Gasteiger charge is 2.36. The van der Waals surface area contributed by atoms with Gasteiger partial charge in [-0.1, -0.05) is 59.8 Å². The minimum atomic E-state index is -0.382. The molecule has 3 aromatic carbocycles. The number of amides is 2. The number of hydrogen-bond acceptors (Lipinski definition) is 9. The van der Waals surface area contributed by atoms with E-state index < -0.39 is 0 Å². The number of thioether (sulfide) groups is 1. The number of hydrogen-bond donors (Lipinski definition) is 1. The molecule has 0 spiro atoms. The Labute approximate surface area is 281 Å². The number of hydrazone groups is 1. The lowest BCUT2D eigenvalue weighted by molar-refractivity contribution is -0.130. The van der Waals surface area contributed by atoms with Gasteiger partial charge in [0.15, 0.2) is 22.5 Å². The lowest BCUT2D eigenvalue weighted by Crippen LogP contribution is -2.29. The van der Waals surface area contributed by atoms with Crippen LogP contribution in [0.2, 0.25) is 0 Å². The van der Waals surface area contributed by atoms with Crippen LogP contribution < -0.4 is 14.8 Å². The molecule has 1 aliphatic rings. The zero-order valence-electron chi connectivity index (χ0n) is 26.5. The van der Waals surface area contributed by atoms with Gasteiger partial charge >= 0.3 is 0 Å². The summed E-state index contributed by atoms with van der Waals surface area (Å²) in [6, 6.07) is 24.6. The number of aryl methyl sites for hydroxylation is 2. The second-order valence-corrected chi connectivity index (χ2v) is 12.9. The number of nitrogens with zero attached hydrogens (tertiary/aromatic N) is 5. The zero-order chi connectivity index (χ0) is 32.9. The van der Waals surface area contributed by atoms with Crippen LogP contribution in [0.25, 0.3) is 5.69 Å². The van der Waals surface area contributed by atoms with Gasteiger partial charge < -0.3 is 14.8 Å². The van der Waals surface area contributed by atoms with Crippen molar-refractivity contribution in [3.8, 4) is 17.2 Å². The smallest absolute Gasteiger partial charge is 0.253 e. The fourth-order valence-corrected chi connectivity index (χ4v) is 7.07. The highest BCUT2D eigenvalue weighted by molar-refractivity contribution is 7.99. The molecule has 6 rings (SSSR count). The van der Waals surface area contributed by atoms with Gasteiger partial charge in [0.2, 0.25) is 0 Å². The minimum absolute atomic E-state index is 0.0591. The number of carbonyl (C=O) groups excluding carboxylic acids is 2. The van der Waals surface area contributed by atoms with Gasteiger partial charge in [0, 0.05) is 23.2 Å². The summed E-state index contributed by atoms with van der Waals surface area (Å²) in [4.78, 5) is 27.9. The van der Waals surface area contributed by atoms with Crippen LogP contribution >= 0.6 is 23.1 Å². The molecule has 0 saturated carbocycles. The molecule has 47 heavy (non-hydrogen) atoms. The molecular weight excluding hydrogens is 633 g/mol. The molecule has 12 heteroatoms. The Bertz CT molecular complexity index is 1940. The highest BCUT2D eigenvalue weighted by Crippen LogP contribution is 2.42. The summed E-state index contributed by atoms with van der Waals surface area (Å²) in [5.74, 6) is 1.37. The summed E-state index contributed by atoms with van der Waals surface area (Å²) in [6.07, 6.45) is 0.532. The van der Waals surface area contributed by atoms with Gasteiger partial charge in [-0.2, -0.15) is 5.10 Å². The summed E-state index contributed by atoms with van der Waals surface area (Å²) in [5.41, 5.74) is 5.12. The number of aromatic nitrogens is 3. The number of benzene rings is 3. The average Bonchev–Trinajstić information content (AvgIpc) is 3.86. The van der Waals surface area contributed by atoms with Crippen molar-refractivity contribution in [2.45, 2.75) is 38.0 Å². The normalized spacial score (nSPS) is 14.2. The fourth-order valence-electron chi connectivity index (χ4n) is 5.52. The molecule has 0 aliphatic carbocycles. The molecule has 2 amide bonds. The van der Waals surface area contributed by atoms with Crippen LogP contribution in [0, 0.1) is 13.8 Å². The lowest BCUT2D eigenvalue weighted by atomic mass is 9.99. The Morgan fingerprint density at radius 1 is 0.957 bits per heavy atom. The Morgan fingerprint density at radius 3 is 2.47 bits per heavy atom. The molecule has 1 unspecified atom stereocenters. The van der Waals surface area contributed by atoms with Gasteiger partial charge in [0.25, 0.3) is 11.8 Å². The molecule has 0 bridgehead atoms. The fraction of sp³-hybridized carbons (Fsp3) is 0.229. The Balaban J connectivity index is 1.27. The van der Waals surface area contributed by atoms with Crippen LogP contribution in [-0.4, -0.2) is 57.3 Å². The standard InChI is InChI=1S/C35H34N6O4S2/c1-22-9-5-11-24(17-22)34(43)36-20-31-37-38-35(40(31)25-12-6-10-23(2)18-25)47-21-32(42)41-28(19-27(39-41)30-15-8-16-46-30)26-13-7-14-29(44-3)33(26)45-4/h5-18,28H,19-21H2,1-4H3,(H,36,43). The van der Waals surface area contributed by atoms with Gasteiger partial charge in [-0.3, -0.25) is 14.2 Å². The van der Waals surface area contributed by atoms with Crippen molar-refractivity contribution < 1.29 is 19.1 Å². The van der Waals surface area contributed by atoms with Crippen molar-refractivity contribution >= 4 is 40.6 Å². The number of ether oxygens (including phenoxy) is 2. The third kappa shape index (κ3) is 6.93. The lowest BCUT2D eigenvalue weighted by Gasteiger charge is -2.24. The molecule has 0 radical (unpaired) electrons. The van der Waals surface area contributed by atoms with Crippen molar-refractivity contribution in [2.24, 2.45) is 5.10 Å². The monoisotopic (exact) mass is 666 g/mol. The number of nitrogens with one attached hydrogen (secondary N) is 1. The topological polar surface area (TPSA) is 111 Å². The second kappa shape index (κ2) is 14.2. The maximum atomic E-state index is 14.0. The van der Waals surface area contributed by atoms with Crippen molar-refractivity contribution in [3.63, 3.8) is 0 Å². The summed E-state index contributed by atoms with van der Waals surface area (Å²) >= 11 is 2.86. The molecule has 240 valence electrons. The molecular formula is C35H34N6O4S2. The molecule has 2 aromatic heterocycles. The molecule has 1 aliphatic heterocycles. The number of thiophene rings is 1. The first kappa shape index (κ1) is 32.0. The van der Waals surface area contributed by atoms with Crippen molar-refractivity contribution in [2.75, 3.05) is 20.0 Å². The van der Waals surface area contributed by atoms with Crippen molar-refractivity contribution in [3.05, 3.63) is 117 Å². The summed E-state index contributed by atoms with van der Waals surface area (Å²) in [5, 5.41) is 20.7. The number of carbonyl (C=O) groups is 2. The van der Waals surface area contributed by atoms with E-state index in [-0.39, 0.29) is 30.2 Å². The van der Waals surface area contributed by atoms with E-state index in [0.717, 1.165) is 33.0 Å². The quantitative estimate of drug-likeness (QED) is 0.163. The first-order chi connectivity index (χ1) is 22.9. The van der Waals surface area contributed by atoms with E-state index in [0.29, 0.717) is 34.5 Å². The predicted octanol–water partition coefficient (Wildman–Crippen LogP) is 6.36. The van der Waals surface area contributed by atoms with Gasteiger partial charge in [-0.05, 0) is 61.2 Å². The largest absolute Gasteiger partial charge is 0.493 e. The number of para-hydroxylation sites is 1. The van der Waals surface area contributed by atoms with Crippen LogP contribution in [-0.2, 0) is 11.3 Å². The number of rotatable bonds is 11. The Hall–Kier alpha value is -4.94. The zero-order valence-corrected chi connectivity index (χ0v) is 28.1. The predicted molar refractivity (Wildman–Crippen MR) is 184 cm³/mol. The Morgan fingerprint density at radius 2 is 1.74 bits per heavy atom. The van der Waals surface area contributed by atoms with Gasteiger partial charge in [-0.15, -0.1) is 21.5 Å². The van der Waals surface area contributed by atoms with E-state index in [9.17, 15) is 9.59 Å². The number of methoxy groups -OCH3 is 2.